The van der Waals surface area contributed by atoms with Crippen molar-refractivity contribution in [1.29, 1.82) is 5.26 Å². The molecule has 1 aliphatic heterocycles. The number of hydrogen-bond donors (Lipinski definition) is 0. The minimum absolute atomic E-state index is 0.559. The van der Waals surface area contributed by atoms with Gasteiger partial charge in [0, 0.05) is 19.2 Å². The van der Waals surface area contributed by atoms with E-state index in [1.807, 2.05) is 12.1 Å². The summed E-state index contributed by atoms with van der Waals surface area (Å²) < 4.78 is 0. The van der Waals surface area contributed by atoms with Gasteiger partial charge in [0.25, 0.3) is 0 Å². The van der Waals surface area contributed by atoms with E-state index in [0.29, 0.717) is 5.92 Å². The summed E-state index contributed by atoms with van der Waals surface area (Å²) in [5.41, 5.74) is 1.37. The third-order valence-electron chi connectivity index (χ3n) is 3.00. The van der Waals surface area contributed by atoms with Crippen molar-refractivity contribution >= 4 is 0 Å². The Morgan fingerprint density at radius 2 is 2.19 bits per heavy atom. The Morgan fingerprint density at radius 3 is 2.94 bits per heavy atom. The van der Waals surface area contributed by atoms with E-state index in [-0.39, 0.29) is 0 Å². The van der Waals surface area contributed by atoms with Gasteiger partial charge in [-0.1, -0.05) is 36.4 Å². The van der Waals surface area contributed by atoms with Gasteiger partial charge in [-0.2, -0.15) is 5.26 Å². The SMILES string of the molecule is N#C/C=C/C1CCN(Cc2ccccc2)C1. The summed E-state index contributed by atoms with van der Waals surface area (Å²) in [6, 6.07) is 12.6. The molecule has 1 aliphatic rings. The van der Waals surface area contributed by atoms with E-state index in [1.165, 1.54) is 12.0 Å². The molecule has 82 valence electrons. The van der Waals surface area contributed by atoms with E-state index < -0.39 is 0 Å². The number of rotatable bonds is 3. The molecule has 2 heteroatoms. The number of likely N-dealkylation sites (tertiary alicyclic amines) is 1. The summed E-state index contributed by atoms with van der Waals surface area (Å²) in [5.74, 6) is 0.559. The molecule has 16 heavy (non-hydrogen) atoms. The van der Waals surface area contributed by atoms with Crippen LogP contribution in [0.4, 0.5) is 0 Å². The molecule has 0 bridgehead atoms. The Morgan fingerprint density at radius 1 is 1.38 bits per heavy atom. The van der Waals surface area contributed by atoms with Gasteiger partial charge in [-0.25, -0.2) is 0 Å². The summed E-state index contributed by atoms with van der Waals surface area (Å²) >= 11 is 0. The average Bonchev–Trinajstić information content (AvgIpc) is 2.75. The Balaban J connectivity index is 1.86. The monoisotopic (exact) mass is 212 g/mol. The van der Waals surface area contributed by atoms with Gasteiger partial charge in [0.2, 0.25) is 0 Å². The Bertz CT molecular complexity index is 389. The van der Waals surface area contributed by atoms with Crippen LogP contribution >= 0.6 is 0 Å². The van der Waals surface area contributed by atoms with Crippen molar-refractivity contribution < 1.29 is 0 Å². The lowest BCUT2D eigenvalue weighted by atomic mass is 10.1. The first kappa shape index (κ1) is 10.9. The molecule has 0 radical (unpaired) electrons. The van der Waals surface area contributed by atoms with Crippen molar-refractivity contribution in [3.63, 3.8) is 0 Å². The van der Waals surface area contributed by atoms with Gasteiger partial charge >= 0.3 is 0 Å². The van der Waals surface area contributed by atoms with Crippen LogP contribution in [-0.2, 0) is 6.54 Å². The lowest BCUT2D eigenvalue weighted by molar-refractivity contribution is 0.324. The second-order valence-corrected chi connectivity index (χ2v) is 4.26. The highest BCUT2D eigenvalue weighted by atomic mass is 15.1. The predicted octanol–water partition coefficient (Wildman–Crippen LogP) is 2.59. The molecule has 0 aromatic heterocycles. The molecule has 2 rings (SSSR count). The van der Waals surface area contributed by atoms with Crippen LogP contribution < -0.4 is 0 Å². The van der Waals surface area contributed by atoms with Crippen molar-refractivity contribution in [3.8, 4) is 6.07 Å². The first-order valence-corrected chi connectivity index (χ1v) is 5.71. The molecule has 0 N–H and O–H groups in total. The molecule has 0 amide bonds. The van der Waals surface area contributed by atoms with Crippen molar-refractivity contribution in [3.05, 3.63) is 48.0 Å². The lowest BCUT2D eigenvalue weighted by Gasteiger charge is -2.14. The molecular formula is C14H16N2. The van der Waals surface area contributed by atoms with Crippen LogP contribution in [0.2, 0.25) is 0 Å². The van der Waals surface area contributed by atoms with Gasteiger partial charge in [0.05, 0.1) is 6.07 Å². The fourth-order valence-corrected chi connectivity index (χ4v) is 2.18. The Hall–Kier alpha value is -1.59. The van der Waals surface area contributed by atoms with Gasteiger partial charge in [-0.3, -0.25) is 4.90 Å². The standard InChI is InChI=1S/C14H16N2/c15-9-4-7-14-8-10-16(12-14)11-13-5-2-1-3-6-13/h1-7,14H,8,10-12H2/b7-4+. The van der Waals surface area contributed by atoms with Crippen LogP contribution in [0.3, 0.4) is 0 Å². The van der Waals surface area contributed by atoms with Crippen LogP contribution in [0.5, 0.6) is 0 Å². The van der Waals surface area contributed by atoms with Crippen LogP contribution in [0.15, 0.2) is 42.5 Å². The van der Waals surface area contributed by atoms with Crippen molar-refractivity contribution in [2.75, 3.05) is 13.1 Å². The van der Waals surface area contributed by atoms with Crippen LogP contribution in [0.1, 0.15) is 12.0 Å². The predicted molar refractivity (Wildman–Crippen MR) is 64.6 cm³/mol. The first-order valence-electron chi connectivity index (χ1n) is 5.71. The molecule has 1 atom stereocenters. The normalized spacial score (nSPS) is 21.3. The maximum atomic E-state index is 8.48. The highest BCUT2D eigenvalue weighted by Gasteiger charge is 2.19. The molecule has 1 fully saturated rings. The highest BCUT2D eigenvalue weighted by Crippen LogP contribution is 2.19. The number of allylic oxidation sites excluding steroid dienone is 1. The second kappa shape index (κ2) is 5.48. The van der Waals surface area contributed by atoms with Crippen molar-refractivity contribution in [2.24, 2.45) is 5.92 Å². The first-order chi connectivity index (χ1) is 7.88. The van der Waals surface area contributed by atoms with Crippen LogP contribution in [0.25, 0.3) is 0 Å². The molecule has 0 spiro atoms. The Labute approximate surface area is 96.8 Å². The van der Waals surface area contributed by atoms with E-state index in [1.54, 1.807) is 6.08 Å². The molecule has 1 saturated heterocycles. The van der Waals surface area contributed by atoms with E-state index in [0.717, 1.165) is 19.6 Å². The molecule has 1 unspecified atom stereocenters. The van der Waals surface area contributed by atoms with E-state index >= 15 is 0 Å². The van der Waals surface area contributed by atoms with Crippen LogP contribution in [0, 0.1) is 17.2 Å². The van der Waals surface area contributed by atoms with Crippen molar-refractivity contribution in [1.82, 2.24) is 4.90 Å². The molecule has 0 saturated carbocycles. The third kappa shape index (κ3) is 2.95. The number of benzene rings is 1. The summed E-state index contributed by atoms with van der Waals surface area (Å²) in [7, 11) is 0. The van der Waals surface area contributed by atoms with E-state index in [9.17, 15) is 0 Å². The van der Waals surface area contributed by atoms with E-state index in [2.05, 4.69) is 35.2 Å². The zero-order valence-electron chi connectivity index (χ0n) is 9.34. The largest absolute Gasteiger partial charge is 0.298 e. The molecule has 0 aliphatic carbocycles. The lowest BCUT2D eigenvalue weighted by Crippen LogP contribution is -2.19. The fraction of sp³-hybridized carbons (Fsp3) is 0.357. The van der Waals surface area contributed by atoms with Gasteiger partial charge < -0.3 is 0 Å². The molecule has 1 heterocycles. The number of nitriles is 1. The minimum atomic E-state index is 0.559. The van der Waals surface area contributed by atoms with Gasteiger partial charge in [0.1, 0.15) is 0 Å². The highest BCUT2D eigenvalue weighted by molar-refractivity contribution is 5.15. The molecule has 1 aromatic rings. The number of nitrogens with zero attached hydrogens (tertiary/aromatic N) is 2. The second-order valence-electron chi connectivity index (χ2n) is 4.26. The van der Waals surface area contributed by atoms with Crippen LogP contribution in [-0.4, -0.2) is 18.0 Å². The van der Waals surface area contributed by atoms with Gasteiger partial charge in [-0.15, -0.1) is 0 Å². The summed E-state index contributed by atoms with van der Waals surface area (Å²) in [5, 5.41) is 8.48. The average molecular weight is 212 g/mol. The van der Waals surface area contributed by atoms with Gasteiger partial charge in [0.15, 0.2) is 0 Å². The minimum Gasteiger partial charge on any atom is -0.298 e. The number of hydrogen-bond acceptors (Lipinski definition) is 2. The summed E-state index contributed by atoms with van der Waals surface area (Å²) in [6.07, 6.45) is 4.81. The molecular weight excluding hydrogens is 196 g/mol. The van der Waals surface area contributed by atoms with Crippen molar-refractivity contribution in [2.45, 2.75) is 13.0 Å². The van der Waals surface area contributed by atoms with E-state index in [4.69, 9.17) is 5.26 Å². The molecule has 1 aromatic carbocycles. The smallest absolute Gasteiger partial charge is 0.0908 e. The maximum absolute atomic E-state index is 8.48. The molecule has 2 nitrogen and oxygen atoms in total. The quantitative estimate of drug-likeness (QED) is 0.720. The Kier molecular flexibility index (Phi) is 3.74. The summed E-state index contributed by atoms with van der Waals surface area (Å²) in [4.78, 5) is 2.45. The summed E-state index contributed by atoms with van der Waals surface area (Å²) in [6.45, 7) is 3.24. The zero-order chi connectivity index (χ0) is 11.2. The topological polar surface area (TPSA) is 27.0 Å². The van der Waals surface area contributed by atoms with Gasteiger partial charge in [-0.05, 0) is 24.4 Å². The maximum Gasteiger partial charge on any atom is 0.0908 e. The zero-order valence-corrected chi connectivity index (χ0v) is 9.34. The fourth-order valence-electron chi connectivity index (χ4n) is 2.18. The third-order valence-corrected chi connectivity index (χ3v) is 3.00.